The predicted octanol–water partition coefficient (Wildman–Crippen LogP) is 2.17. The summed E-state index contributed by atoms with van der Waals surface area (Å²) in [7, 11) is 2.04. The number of rotatable bonds is 2. The highest BCUT2D eigenvalue weighted by Gasteiger charge is 2.17. The van der Waals surface area contributed by atoms with Crippen LogP contribution < -0.4 is 15.0 Å². The molecule has 2 heterocycles. The van der Waals surface area contributed by atoms with Gasteiger partial charge in [0.1, 0.15) is 12.4 Å². The lowest BCUT2D eigenvalue weighted by molar-refractivity contribution is 0.314. The fraction of sp³-hybridized carbons (Fsp3) is 0.583. The van der Waals surface area contributed by atoms with E-state index in [1.165, 1.54) is 0 Å². The van der Waals surface area contributed by atoms with Crippen molar-refractivity contribution in [1.29, 1.82) is 0 Å². The summed E-state index contributed by atoms with van der Waals surface area (Å²) in [4.78, 5) is 6.74. The molecule has 0 atom stereocenters. The van der Waals surface area contributed by atoms with Gasteiger partial charge in [0.2, 0.25) is 5.88 Å². The van der Waals surface area contributed by atoms with E-state index >= 15 is 0 Å². The van der Waals surface area contributed by atoms with E-state index in [2.05, 4.69) is 51.0 Å². The molecule has 0 fully saturated rings. The Kier molecular flexibility index (Phi) is 3.89. The Morgan fingerprint density at radius 2 is 2.29 bits per heavy atom. The van der Waals surface area contributed by atoms with Gasteiger partial charge in [-0.05, 0) is 35.8 Å². The molecule has 1 N–H and O–H groups in total. The molecule has 0 saturated heterocycles. The highest BCUT2D eigenvalue weighted by atomic mass is 79.9. The molecule has 0 saturated carbocycles. The van der Waals surface area contributed by atoms with Crippen LogP contribution in [0.1, 0.15) is 19.4 Å². The van der Waals surface area contributed by atoms with E-state index in [1.54, 1.807) is 0 Å². The first-order valence-electron chi connectivity index (χ1n) is 5.85. The van der Waals surface area contributed by atoms with Gasteiger partial charge >= 0.3 is 0 Å². The molecule has 2 rings (SSSR count). The highest BCUT2D eigenvalue weighted by Crippen LogP contribution is 2.31. The maximum Gasteiger partial charge on any atom is 0.219 e. The molecule has 0 amide bonds. The highest BCUT2D eigenvalue weighted by molar-refractivity contribution is 9.10. The van der Waals surface area contributed by atoms with Crippen molar-refractivity contribution in [2.24, 2.45) is 0 Å². The number of halogens is 1. The summed E-state index contributed by atoms with van der Waals surface area (Å²) < 4.78 is 6.67. The molecular formula is C12H18BrN3O. The molecule has 17 heavy (non-hydrogen) atoms. The Morgan fingerprint density at radius 3 is 3.00 bits per heavy atom. The van der Waals surface area contributed by atoms with Gasteiger partial charge in [-0.2, -0.15) is 4.98 Å². The number of fused-ring (bicyclic) bond motifs is 1. The van der Waals surface area contributed by atoms with Gasteiger partial charge in [-0.15, -0.1) is 0 Å². The van der Waals surface area contributed by atoms with E-state index in [9.17, 15) is 0 Å². The lowest BCUT2D eigenvalue weighted by atomic mass is 10.2. The number of nitrogens with one attached hydrogen (secondary N) is 1. The van der Waals surface area contributed by atoms with Gasteiger partial charge in [0.05, 0.1) is 4.47 Å². The van der Waals surface area contributed by atoms with Crippen molar-refractivity contribution in [2.75, 3.05) is 25.1 Å². The first kappa shape index (κ1) is 12.6. The van der Waals surface area contributed by atoms with Crippen LogP contribution in [0.2, 0.25) is 0 Å². The second-order valence-corrected chi connectivity index (χ2v) is 5.34. The van der Waals surface area contributed by atoms with Crippen LogP contribution in [0.3, 0.4) is 0 Å². The molecule has 0 radical (unpaired) electrons. The Hall–Kier alpha value is -0.810. The van der Waals surface area contributed by atoms with Crippen molar-refractivity contribution in [3.63, 3.8) is 0 Å². The molecular weight excluding hydrogens is 282 g/mol. The number of aromatic nitrogens is 1. The minimum Gasteiger partial charge on any atom is -0.476 e. The molecule has 1 aromatic heterocycles. The maximum atomic E-state index is 5.65. The Labute approximate surface area is 110 Å². The third-order valence-electron chi connectivity index (χ3n) is 2.94. The smallest absolute Gasteiger partial charge is 0.219 e. The standard InChI is InChI=1S/C12H18BrN3O/c1-8(2)16(3)11-10(13)6-9-7-14-4-5-17-12(9)15-11/h6,8,14H,4-5,7H2,1-3H3. The molecule has 1 aromatic rings. The van der Waals surface area contributed by atoms with Gasteiger partial charge in [0, 0.05) is 31.7 Å². The molecule has 5 heteroatoms. The molecule has 1 aliphatic heterocycles. The molecule has 0 unspecified atom stereocenters. The molecule has 0 aliphatic carbocycles. The molecule has 1 aliphatic rings. The van der Waals surface area contributed by atoms with E-state index in [4.69, 9.17) is 4.74 Å². The summed E-state index contributed by atoms with van der Waals surface area (Å²) in [5.74, 6) is 1.68. The monoisotopic (exact) mass is 299 g/mol. The molecule has 0 spiro atoms. The number of hydrogen-bond acceptors (Lipinski definition) is 4. The summed E-state index contributed by atoms with van der Waals surface area (Å²) in [5, 5.41) is 3.30. The first-order valence-corrected chi connectivity index (χ1v) is 6.64. The summed E-state index contributed by atoms with van der Waals surface area (Å²) in [5.41, 5.74) is 1.11. The van der Waals surface area contributed by atoms with E-state index < -0.39 is 0 Å². The Morgan fingerprint density at radius 1 is 1.53 bits per heavy atom. The predicted molar refractivity (Wildman–Crippen MR) is 72.7 cm³/mol. The van der Waals surface area contributed by atoms with Gasteiger partial charge < -0.3 is 15.0 Å². The summed E-state index contributed by atoms with van der Waals surface area (Å²) in [6.07, 6.45) is 0. The van der Waals surface area contributed by atoms with Crippen LogP contribution >= 0.6 is 15.9 Å². The van der Waals surface area contributed by atoms with Crippen LogP contribution in [0, 0.1) is 0 Å². The second-order valence-electron chi connectivity index (χ2n) is 4.49. The minimum atomic E-state index is 0.403. The quantitative estimate of drug-likeness (QED) is 0.908. The Bertz CT molecular complexity index is 409. The van der Waals surface area contributed by atoms with Gasteiger partial charge in [0.15, 0.2) is 0 Å². The van der Waals surface area contributed by atoms with Crippen molar-refractivity contribution in [2.45, 2.75) is 26.4 Å². The molecule has 0 aromatic carbocycles. The van der Waals surface area contributed by atoms with E-state index in [0.717, 1.165) is 34.8 Å². The van der Waals surface area contributed by atoms with Crippen LogP contribution in [-0.2, 0) is 6.54 Å². The number of pyridine rings is 1. The molecule has 94 valence electrons. The lowest BCUT2D eigenvalue weighted by Gasteiger charge is -2.24. The zero-order chi connectivity index (χ0) is 12.4. The zero-order valence-electron chi connectivity index (χ0n) is 10.5. The number of anilines is 1. The third-order valence-corrected chi connectivity index (χ3v) is 3.52. The number of nitrogens with zero attached hydrogens (tertiary/aromatic N) is 2. The van der Waals surface area contributed by atoms with E-state index in [-0.39, 0.29) is 0 Å². The normalized spacial score (nSPS) is 15.1. The number of ether oxygens (including phenoxy) is 1. The number of hydrogen-bond donors (Lipinski definition) is 1. The average Bonchev–Trinajstić information content (AvgIpc) is 2.51. The summed E-state index contributed by atoms with van der Waals surface area (Å²) >= 11 is 3.58. The molecule has 0 bridgehead atoms. The van der Waals surface area contributed by atoms with Gasteiger partial charge in [-0.1, -0.05) is 0 Å². The largest absolute Gasteiger partial charge is 0.476 e. The van der Waals surface area contributed by atoms with Crippen LogP contribution in [0.5, 0.6) is 5.88 Å². The van der Waals surface area contributed by atoms with E-state index in [0.29, 0.717) is 12.6 Å². The van der Waals surface area contributed by atoms with Crippen LogP contribution in [0.4, 0.5) is 5.82 Å². The molecule has 4 nitrogen and oxygen atoms in total. The average molecular weight is 300 g/mol. The maximum absolute atomic E-state index is 5.65. The summed E-state index contributed by atoms with van der Waals surface area (Å²) in [6, 6.07) is 2.50. The van der Waals surface area contributed by atoms with Crippen molar-refractivity contribution >= 4 is 21.7 Å². The first-order chi connectivity index (χ1) is 8.09. The van der Waals surface area contributed by atoms with E-state index in [1.807, 2.05) is 7.05 Å². The van der Waals surface area contributed by atoms with Crippen LogP contribution in [-0.4, -0.2) is 31.2 Å². The van der Waals surface area contributed by atoms with Crippen LogP contribution in [0.25, 0.3) is 0 Å². The van der Waals surface area contributed by atoms with Crippen molar-refractivity contribution < 1.29 is 4.74 Å². The minimum absolute atomic E-state index is 0.403. The zero-order valence-corrected chi connectivity index (χ0v) is 12.0. The topological polar surface area (TPSA) is 37.4 Å². The fourth-order valence-electron chi connectivity index (χ4n) is 1.69. The van der Waals surface area contributed by atoms with Crippen LogP contribution in [0.15, 0.2) is 10.5 Å². The van der Waals surface area contributed by atoms with Crippen molar-refractivity contribution in [3.8, 4) is 5.88 Å². The second kappa shape index (κ2) is 5.23. The van der Waals surface area contributed by atoms with Gasteiger partial charge in [-0.25, -0.2) is 0 Å². The van der Waals surface area contributed by atoms with Gasteiger partial charge in [0.25, 0.3) is 0 Å². The Balaban J connectivity index is 2.38. The third kappa shape index (κ3) is 2.72. The lowest BCUT2D eigenvalue weighted by Crippen LogP contribution is -2.27. The SMILES string of the molecule is CC(C)N(C)c1nc2c(cc1Br)CNCCO2. The fourth-order valence-corrected chi connectivity index (χ4v) is 2.33. The van der Waals surface area contributed by atoms with Crippen molar-refractivity contribution in [3.05, 3.63) is 16.1 Å². The van der Waals surface area contributed by atoms with Crippen molar-refractivity contribution in [1.82, 2.24) is 10.3 Å². The van der Waals surface area contributed by atoms with Gasteiger partial charge in [-0.3, -0.25) is 0 Å². The summed E-state index contributed by atoms with van der Waals surface area (Å²) in [6.45, 7) is 6.63.